The van der Waals surface area contributed by atoms with Crippen LogP contribution in [-0.4, -0.2) is 35.3 Å². The summed E-state index contributed by atoms with van der Waals surface area (Å²) < 4.78 is 26.5. The zero-order valence-electron chi connectivity index (χ0n) is 9.29. The number of aliphatic hydroxyl groups excluding tert-OH is 1. The van der Waals surface area contributed by atoms with E-state index in [1.165, 1.54) is 12.3 Å². The molecular weight excluding hydrogens is 244 g/mol. The number of aliphatic hydroxyl groups is 1. The molecule has 0 radical (unpaired) electrons. The van der Waals surface area contributed by atoms with Crippen molar-refractivity contribution in [3.05, 3.63) is 18.5 Å². The Balaban J connectivity index is 2.24. The van der Waals surface area contributed by atoms with E-state index in [0.29, 0.717) is 12.8 Å². The third-order valence-corrected chi connectivity index (χ3v) is 4.49. The average Bonchev–Trinajstić information content (AvgIpc) is 2.14. The maximum absolute atomic E-state index is 12.0. The summed E-state index contributed by atoms with van der Waals surface area (Å²) in [6, 6.07) is 1.23. The van der Waals surface area contributed by atoms with E-state index in [2.05, 4.69) is 9.71 Å². The summed E-state index contributed by atoms with van der Waals surface area (Å²) in [6.45, 7) is 1.72. The standard InChI is InChI=1S/C10H14N2O4S/c1-10(4-7(13)5-10)12-17(15,16)9-2-3-11-6-8(9)14/h2-3,6-7,12-14H,4-5H2,1H3. The Hall–Kier alpha value is -1.18. The summed E-state index contributed by atoms with van der Waals surface area (Å²) in [5.74, 6) is -0.386. The first kappa shape index (κ1) is 12.3. The number of nitrogens with one attached hydrogen (secondary N) is 1. The maximum Gasteiger partial charge on any atom is 0.244 e. The number of hydrogen-bond acceptors (Lipinski definition) is 5. The molecule has 1 aromatic rings. The van der Waals surface area contributed by atoms with Gasteiger partial charge in [0.2, 0.25) is 10.0 Å². The van der Waals surface area contributed by atoms with Crippen molar-refractivity contribution in [2.24, 2.45) is 0 Å². The Kier molecular flexibility index (Phi) is 2.84. The molecule has 0 aliphatic heterocycles. The van der Waals surface area contributed by atoms with Crippen molar-refractivity contribution in [3.8, 4) is 5.75 Å². The summed E-state index contributed by atoms with van der Waals surface area (Å²) in [7, 11) is -3.78. The van der Waals surface area contributed by atoms with E-state index in [-0.39, 0.29) is 10.6 Å². The molecule has 0 aromatic carbocycles. The second-order valence-corrected chi connectivity index (χ2v) is 6.22. The van der Waals surface area contributed by atoms with Crippen LogP contribution in [0.5, 0.6) is 5.75 Å². The molecule has 2 rings (SSSR count). The zero-order valence-corrected chi connectivity index (χ0v) is 10.1. The zero-order chi connectivity index (χ0) is 12.7. The lowest BCUT2D eigenvalue weighted by Gasteiger charge is -2.42. The molecule has 7 heteroatoms. The predicted octanol–water partition coefficient (Wildman–Crippen LogP) is -0.0211. The molecule has 1 fully saturated rings. The highest BCUT2D eigenvalue weighted by Crippen LogP contribution is 2.34. The monoisotopic (exact) mass is 258 g/mol. The van der Waals surface area contributed by atoms with Crippen LogP contribution in [0.15, 0.2) is 23.4 Å². The van der Waals surface area contributed by atoms with Crippen LogP contribution in [0.1, 0.15) is 19.8 Å². The first-order valence-electron chi connectivity index (χ1n) is 5.17. The summed E-state index contributed by atoms with van der Waals surface area (Å²) in [5.41, 5.74) is -0.645. The molecular formula is C10H14N2O4S. The highest BCUT2D eigenvalue weighted by atomic mass is 32.2. The van der Waals surface area contributed by atoms with Gasteiger partial charge in [-0.05, 0) is 25.8 Å². The quantitative estimate of drug-likeness (QED) is 0.707. The van der Waals surface area contributed by atoms with Crippen molar-refractivity contribution in [2.75, 3.05) is 0 Å². The SMILES string of the molecule is CC1(NS(=O)(=O)c2ccncc2O)CC(O)C1. The second-order valence-electron chi connectivity index (χ2n) is 4.57. The van der Waals surface area contributed by atoms with E-state index in [9.17, 15) is 18.6 Å². The largest absolute Gasteiger partial charge is 0.505 e. The van der Waals surface area contributed by atoms with E-state index in [1.807, 2.05) is 0 Å². The van der Waals surface area contributed by atoms with E-state index < -0.39 is 21.7 Å². The first-order chi connectivity index (χ1) is 7.82. The molecule has 6 nitrogen and oxygen atoms in total. The maximum atomic E-state index is 12.0. The molecule has 0 saturated heterocycles. The normalized spacial score (nSPS) is 28.7. The predicted molar refractivity (Wildman–Crippen MR) is 59.9 cm³/mol. The number of aromatic hydroxyl groups is 1. The van der Waals surface area contributed by atoms with Crippen LogP contribution in [0.2, 0.25) is 0 Å². The minimum absolute atomic E-state index is 0.199. The summed E-state index contributed by atoms with van der Waals surface area (Å²) in [5, 5.41) is 18.7. The lowest BCUT2D eigenvalue weighted by molar-refractivity contribution is 0.0238. The molecule has 0 amide bonds. The number of hydrogen-bond donors (Lipinski definition) is 3. The van der Waals surface area contributed by atoms with Crippen LogP contribution in [0.25, 0.3) is 0 Å². The van der Waals surface area contributed by atoms with Crippen molar-refractivity contribution >= 4 is 10.0 Å². The van der Waals surface area contributed by atoms with E-state index in [0.717, 1.165) is 6.20 Å². The second kappa shape index (κ2) is 3.94. The first-order valence-corrected chi connectivity index (χ1v) is 6.66. The van der Waals surface area contributed by atoms with Gasteiger partial charge in [0.05, 0.1) is 12.3 Å². The Morgan fingerprint density at radius 1 is 1.53 bits per heavy atom. The van der Waals surface area contributed by atoms with Crippen LogP contribution < -0.4 is 4.72 Å². The van der Waals surface area contributed by atoms with Gasteiger partial charge in [-0.25, -0.2) is 13.1 Å². The Labute approximate surface area is 99.4 Å². The number of aromatic nitrogens is 1. The van der Waals surface area contributed by atoms with Gasteiger partial charge in [0.25, 0.3) is 0 Å². The number of nitrogens with zero attached hydrogens (tertiary/aromatic N) is 1. The molecule has 1 aromatic heterocycles. The number of rotatable bonds is 3. The fraction of sp³-hybridized carbons (Fsp3) is 0.500. The van der Waals surface area contributed by atoms with Crippen LogP contribution in [0.4, 0.5) is 0 Å². The van der Waals surface area contributed by atoms with E-state index in [1.54, 1.807) is 6.92 Å². The molecule has 0 spiro atoms. The van der Waals surface area contributed by atoms with Crippen LogP contribution in [-0.2, 0) is 10.0 Å². The van der Waals surface area contributed by atoms with E-state index >= 15 is 0 Å². The summed E-state index contributed by atoms with van der Waals surface area (Å²) in [4.78, 5) is 3.42. The minimum atomic E-state index is -3.78. The van der Waals surface area contributed by atoms with Crippen molar-refractivity contribution < 1.29 is 18.6 Å². The van der Waals surface area contributed by atoms with Crippen molar-refractivity contribution in [1.82, 2.24) is 9.71 Å². The van der Waals surface area contributed by atoms with Crippen molar-refractivity contribution in [2.45, 2.75) is 36.3 Å². The van der Waals surface area contributed by atoms with Gasteiger partial charge in [-0.2, -0.15) is 0 Å². The Morgan fingerprint density at radius 3 is 2.71 bits per heavy atom. The molecule has 1 aliphatic carbocycles. The third-order valence-electron chi connectivity index (χ3n) is 2.80. The van der Waals surface area contributed by atoms with Gasteiger partial charge < -0.3 is 10.2 Å². The van der Waals surface area contributed by atoms with Gasteiger partial charge in [-0.15, -0.1) is 0 Å². The van der Waals surface area contributed by atoms with Gasteiger partial charge in [-0.3, -0.25) is 4.98 Å². The lowest BCUT2D eigenvalue weighted by Crippen LogP contribution is -2.57. The van der Waals surface area contributed by atoms with Gasteiger partial charge in [0.1, 0.15) is 4.90 Å². The van der Waals surface area contributed by atoms with E-state index in [4.69, 9.17) is 0 Å². The Morgan fingerprint density at radius 2 is 2.18 bits per heavy atom. The van der Waals surface area contributed by atoms with Crippen molar-refractivity contribution in [1.29, 1.82) is 0 Å². The average molecular weight is 258 g/mol. The summed E-state index contributed by atoms with van der Waals surface area (Å²) >= 11 is 0. The van der Waals surface area contributed by atoms with Gasteiger partial charge in [-0.1, -0.05) is 0 Å². The highest BCUT2D eigenvalue weighted by Gasteiger charge is 2.42. The van der Waals surface area contributed by atoms with Gasteiger partial charge >= 0.3 is 0 Å². The number of pyridine rings is 1. The smallest absolute Gasteiger partial charge is 0.244 e. The van der Waals surface area contributed by atoms with Gasteiger partial charge in [0, 0.05) is 11.7 Å². The molecule has 0 bridgehead atoms. The topological polar surface area (TPSA) is 99.5 Å². The molecule has 17 heavy (non-hydrogen) atoms. The molecule has 3 N–H and O–H groups in total. The molecule has 0 unspecified atom stereocenters. The van der Waals surface area contributed by atoms with Gasteiger partial charge in [0.15, 0.2) is 5.75 Å². The highest BCUT2D eigenvalue weighted by molar-refractivity contribution is 7.89. The molecule has 1 saturated carbocycles. The minimum Gasteiger partial charge on any atom is -0.505 e. The Bertz CT molecular complexity index is 523. The van der Waals surface area contributed by atoms with Crippen LogP contribution >= 0.6 is 0 Å². The summed E-state index contributed by atoms with van der Waals surface area (Å²) in [6.07, 6.45) is 2.66. The molecule has 1 heterocycles. The van der Waals surface area contributed by atoms with Crippen molar-refractivity contribution in [3.63, 3.8) is 0 Å². The molecule has 0 atom stereocenters. The number of sulfonamides is 1. The molecule has 94 valence electrons. The lowest BCUT2D eigenvalue weighted by atomic mass is 9.77. The van der Waals surface area contributed by atoms with Crippen LogP contribution in [0, 0.1) is 0 Å². The third kappa shape index (κ3) is 2.41. The molecule has 1 aliphatic rings. The fourth-order valence-electron chi connectivity index (χ4n) is 2.04. The fourth-order valence-corrected chi connectivity index (χ4v) is 3.54. The van der Waals surface area contributed by atoms with Crippen LogP contribution in [0.3, 0.4) is 0 Å².